The van der Waals surface area contributed by atoms with E-state index in [2.05, 4.69) is 4.72 Å². The monoisotopic (exact) mass is 265 g/mol. The van der Waals surface area contributed by atoms with E-state index in [9.17, 15) is 17.0 Å². The molecule has 0 spiro atoms. The Morgan fingerprint density at radius 3 is 2.56 bits per heavy atom. The van der Waals surface area contributed by atoms with E-state index in [4.69, 9.17) is 0 Å². The Hall–Kier alpha value is -0.790. The molecule has 0 amide bonds. The summed E-state index contributed by atoms with van der Waals surface area (Å²) >= 11 is 0. The fourth-order valence-electron chi connectivity index (χ4n) is 1.06. The average molecular weight is 265 g/mol. The van der Waals surface area contributed by atoms with Gasteiger partial charge in [0.1, 0.15) is 10.7 Å². The minimum absolute atomic E-state index is 0.0276. The summed E-state index contributed by atoms with van der Waals surface area (Å²) in [5.74, 6) is -0.596. The summed E-state index contributed by atoms with van der Waals surface area (Å²) in [5.41, 5.74) is 0. The van der Waals surface area contributed by atoms with Gasteiger partial charge in [0.2, 0.25) is 10.0 Å². The van der Waals surface area contributed by atoms with Crippen LogP contribution in [0, 0.1) is 5.82 Å². The molecular weight excluding hydrogens is 253 g/mol. The van der Waals surface area contributed by atoms with E-state index in [1.807, 2.05) is 0 Å². The van der Waals surface area contributed by atoms with Crippen molar-refractivity contribution in [3.05, 3.63) is 30.1 Å². The number of nitrogens with one attached hydrogen (secondary N) is 1. The molecule has 1 aromatic carbocycles. The second-order valence-corrected chi connectivity index (χ2v) is 6.40. The zero-order valence-electron chi connectivity index (χ0n) is 8.64. The summed E-state index contributed by atoms with van der Waals surface area (Å²) in [4.78, 5) is -0.392. The standard InChI is InChI=1S/C9H12FNO3S2/c1-15(12)7-6-11-16(13,14)9-5-3-2-4-8(9)10/h2-5,11H,6-7H2,1H3. The molecular formula is C9H12FNO3S2. The summed E-state index contributed by atoms with van der Waals surface area (Å²) in [6.07, 6.45) is 1.47. The Balaban J connectivity index is 2.79. The molecule has 1 rings (SSSR count). The predicted molar refractivity (Wildman–Crippen MR) is 60.5 cm³/mol. The van der Waals surface area contributed by atoms with Crippen molar-refractivity contribution in [3.8, 4) is 0 Å². The second kappa shape index (κ2) is 5.51. The zero-order valence-corrected chi connectivity index (χ0v) is 10.3. The average Bonchev–Trinajstić information content (AvgIpc) is 2.17. The van der Waals surface area contributed by atoms with Crippen molar-refractivity contribution in [2.24, 2.45) is 0 Å². The van der Waals surface area contributed by atoms with Crippen LogP contribution in [0.2, 0.25) is 0 Å². The van der Waals surface area contributed by atoms with Crippen molar-refractivity contribution in [3.63, 3.8) is 0 Å². The summed E-state index contributed by atoms with van der Waals surface area (Å²) in [6, 6.07) is 5.11. The molecule has 0 saturated heterocycles. The van der Waals surface area contributed by atoms with E-state index in [0.29, 0.717) is 0 Å². The Bertz CT molecular complexity index is 487. The van der Waals surface area contributed by atoms with Crippen LogP contribution in [0.15, 0.2) is 29.2 Å². The van der Waals surface area contributed by atoms with Crippen molar-refractivity contribution < 1.29 is 17.0 Å². The molecule has 1 N–H and O–H groups in total. The maximum atomic E-state index is 13.2. The van der Waals surface area contributed by atoms with E-state index < -0.39 is 31.5 Å². The lowest BCUT2D eigenvalue weighted by atomic mass is 10.4. The van der Waals surface area contributed by atoms with Crippen molar-refractivity contribution in [1.82, 2.24) is 4.72 Å². The molecule has 1 unspecified atom stereocenters. The third-order valence-electron chi connectivity index (χ3n) is 1.81. The van der Waals surface area contributed by atoms with E-state index in [1.165, 1.54) is 24.5 Å². The number of sulfonamides is 1. The van der Waals surface area contributed by atoms with E-state index in [1.54, 1.807) is 0 Å². The topological polar surface area (TPSA) is 63.2 Å². The Morgan fingerprint density at radius 2 is 2.00 bits per heavy atom. The van der Waals surface area contributed by atoms with Gasteiger partial charge in [0.05, 0.1) is 0 Å². The third-order valence-corrected chi connectivity index (χ3v) is 4.08. The van der Waals surface area contributed by atoms with E-state index in [-0.39, 0.29) is 12.3 Å². The highest BCUT2D eigenvalue weighted by Crippen LogP contribution is 2.12. The zero-order chi connectivity index (χ0) is 12.2. The molecule has 90 valence electrons. The van der Waals surface area contributed by atoms with Gasteiger partial charge in [0, 0.05) is 29.4 Å². The van der Waals surface area contributed by atoms with Gasteiger partial charge in [-0.1, -0.05) is 12.1 Å². The lowest BCUT2D eigenvalue weighted by Crippen LogP contribution is -2.28. The molecule has 0 aliphatic carbocycles. The molecule has 0 aliphatic heterocycles. The van der Waals surface area contributed by atoms with E-state index in [0.717, 1.165) is 6.07 Å². The second-order valence-electron chi connectivity index (χ2n) is 3.11. The predicted octanol–water partition coefficient (Wildman–Crippen LogP) is 0.482. The maximum Gasteiger partial charge on any atom is 0.243 e. The lowest BCUT2D eigenvalue weighted by Gasteiger charge is -2.06. The SMILES string of the molecule is CS(=O)CCNS(=O)(=O)c1ccccc1F. The minimum atomic E-state index is -3.85. The summed E-state index contributed by atoms with van der Waals surface area (Å²) in [7, 11) is -4.93. The van der Waals surface area contributed by atoms with Crippen LogP contribution in [-0.4, -0.2) is 31.2 Å². The van der Waals surface area contributed by atoms with Crippen LogP contribution in [-0.2, 0) is 20.8 Å². The van der Waals surface area contributed by atoms with Crippen LogP contribution in [0.4, 0.5) is 4.39 Å². The molecule has 0 aliphatic rings. The number of hydrogen-bond acceptors (Lipinski definition) is 3. The minimum Gasteiger partial charge on any atom is -0.260 e. The first-order valence-corrected chi connectivity index (χ1v) is 7.69. The molecule has 0 heterocycles. The molecule has 1 aromatic rings. The van der Waals surface area contributed by atoms with Gasteiger partial charge in [-0.05, 0) is 12.1 Å². The Labute approximate surface area is 96.4 Å². The van der Waals surface area contributed by atoms with Gasteiger partial charge >= 0.3 is 0 Å². The molecule has 0 bridgehead atoms. The van der Waals surface area contributed by atoms with Crippen LogP contribution in [0.3, 0.4) is 0 Å². The largest absolute Gasteiger partial charge is 0.260 e. The van der Waals surface area contributed by atoms with Gasteiger partial charge in [-0.3, -0.25) is 4.21 Å². The molecule has 4 nitrogen and oxygen atoms in total. The highest BCUT2D eigenvalue weighted by molar-refractivity contribution is 7.89. The lowest BCUT2D eigenvalue weighted by molar-refractivity contribution is 0.558. The Morgan fingerprint density at radius 1 is 1.38 bits per heavy atom. The first-order valence-electron chi connectivity index (χ1n) is 4.48. The van der Waals surface area contributed by atoms with E-state index >= 15 is 0 Å². The van der Waals surface area contributed by atoms with Crippen molar-refractivity contribution in [2.45, 2.75) is 4.90 Å². The van der Waals surface area contributed by atoms with Crippen LogP contribution in [0.5, 0.6) is 0 Å². The van der Waals surface area contributed by atoms with Gasteiger partial charge in [0.15, 0.2) is 0 Å². The first-order chi connectivity index (χ1) is 7.43. The summed E-state index contributed by atoms with van der Waals surface area (Å²) in [5, 5.41) is 0. The molecule has 1 atom stereocenters. The van der Waals surface area contributed by atoms with Gasteiger partial charge in [0.25, 0.3) is 0 Å². The molecule has 16 heavy (non-hydrogen) atoms. The summed E-state index contributed by atoms with van der Waals surface area (Å²) < 4.78 is 49.3. The van der Waals surface area contributed by atoms with Gasteiger partial charge in [-0.2, -0.15) is 0 Å². The van der Waals surface area contributed by atoms with Crippen molar-refractivity contribution in [2.75, 3.05) is 18.6 Å². The van der Waals surface area contributed by atoms with Gasteiger partial charge in [-0.15, -0.1) is 0 Å². The number of hydrogen-bond donors (Lipinski definition) is 1. The third kappa shape index (κ3) is 3.66. The fourth-order valence-corrected chi connectivity index (χ4v) is 2.69. The van der Waals surface area contributed by atoms with Gasteiger partial charge < -0.3 is 0 Å². The van der Waals surface area contributed by atoms with Crippen molar-refractivity contribution >= 4 is 20.8 Å². The number of rotatable bonds is 5. The molecule has 7 heteroatoms. The highest BCUT2D eigenvalue weighted by Gasteiger charge is 2.17. The Kier molecular flexibility index (Phi) is 4.57. The van der Waals surface area contributed by atoms with Crippen LogP contribution in [0.25, 0.3) is 0 Å². The quantitative estimate of drug-likeness (QED) is 0.842. The molecule has 0 aromatic heterocycles. The molecule has 0 radical (unpaired) electrons. The van der Waals surface area contributed by atoms with Crippen LogP contribution < -0.4 is 4.72 Å². The first kappa shape index (κ1) is 13.3. The normalized spacial score (nSPS) is 13.6. The fraction of sp³-hybridized carbons (Fsp3) is 0.333. The van der Waals surface area contributed by atoms with Crippen LogP contribution >= 0.6 is 0 Å². The maximum absolute atomic E-state index is 13.2. The molecule has 0 fully saturated rings. The smallest absolute Gasteiger partial charge is 0.243 e. The number of halogens is 1. The van der Waals surface area contributed by atoms with Crippen molar-refractivity contribution in [1.29, 1.82) is 0 Å². The number of benzene rings is 1. The van der Waals surface area contributed by atoms with Gasteiger partial charge in [-0.25, -0.2) is 17.5 Å². The highest BCUT2D eigenvalue weighted by atomic mass is 32.2. The molecule has 0 saturated carbocycles. The summed E-state index contributed by atoms with van der Waals surface area (Å²) in [6.45, 7) is 0.0276. The van der Waals surface area contributed by atoms with Crippen LogP contribution in [0.1, 0.15) is 0 Å².